The third kappa shape index (κ3) is 5.08. The Balaban J connectivity index is 1.77. The van der Waals surface area contributed by atoms with Gasteiger partial charge in [0.1, 0.15) is 6.01 Å². The SMILES string of the molecule is COC(=O)/C=C/c1ccccc1N=C=Nc1ccc(-c2ccccn2)cc1. The van der Waals surface area contributed by atoms with Crippen LogP contribution in [0, 0.1) is 0 Å². The molecule has 0 aliphatic carbocycles. The van der Waals surface area contributed by atoms with Gasteiger partial charge < -0.3 is 4.74 Å². The summed E-state index contributed by atoms with van der Waals surface area (Å²) in [6, 6.07) is 23.6. The number of methoxy groups -OCH3 is 1. The van der Waals surface area contributed by atoms with Crippen LogP contribution in [-0.4, -0.2) is 24.1 Å². The molecule has 1 aromatic heterocycles. The highest BCUT2D eigenvalue weighted by atomic mass is 16.5. The van der Waals surface area contributed by atoms with Crippen LogP contribution in [0.3, 0.4) is 0 Å². The molecule has 0 amide bonds. The van der Waals surface area contributed by atoms with Gasteiger partial charge >= 0.3 is 5.97 Å². The number of nitrogens with zero attached hydrogens (tertiary/aromatic N) is 3. The van der Waals surface area contributed by atoms with Crippen molar-refractivity contribution in [2.75, 3.05) is 7.11 Å². The second-order valence-corrected chi connectivity index (χ2v) is 5.50. The number of carbonyl (C=O) groups excluding carboxylic acids is 1. The number of aliphatic imine (C=N–C) groups is 2. The first-order valence-corrected chi connectivity index (χ1v) is 8.29. The number of rotatable bonds is 5. The molecule has 0 aliphatic rings. The monoisotopic (exact) mass is 355 g/mol. The number of para-hydroxylation sites is 1. The van der Waals surface area contributed by atoms with E-state index in [0.717, 1.165) is 22.5 Å². The van der Waals surface area contributed by atoms with Crippen LogP contribution < -0.4 is 0 Å². The average molecular weight is 355 g/mol. The van der Waals surface area contributed by atoms with Crippen LogP contribution >= 0.6 is 0 Å². The molecule has 0 atom stereocenters. The zero-order valence-corrected chi connectivity index (χ0v) is 14.7. The summed E-state index contributed by atoms with van der Waals surface area (Å²) in [6.45, 7) is 0. The van der Waals surface area contributed by atoms with Gasteiger partial charge in [-0.15, -0.1) is 0 Å². The van der Waals surface area contributed by atoms with Crippen LogP contribution in [0.1, 0.15) is 5.56 Å². The van der Waals surface area contributed by atoms with Crippen molar-refractivity contribution in [2.24, 2.45) is 9.98 Å². The largest absolute Gasteiger partial charge is 0.466 e. The number of ether oxygens (including phenoxy) is 1. The molecule has 0 bridgehead atoms. The lowest BCUT2D eigenvalue weighted by molar-refractivity contribution is -0.134. The van der Waals surface area contributed by atoms with E-state index in [2.05, 4.69) is 25.7 Å². The molecule has 0 spiro atoms. The molecular weight excluding hydrogens is 338 g/mol. The fourth-order valence-electron chi connectivity index (χ4n) is 2.33. The zero-order chi connectivity index (χ0) is 18.9. The summed E-state index contributed by atoms with van der Waals surface area (Å²) in [5, 5.41) is 0. The maximum Gasteiger partial charge on any atom is 0.330 e. The fourth-order valence-corrected chi connectivity index (χ4v) is 2.33. The van der Waals surface area contributed by atoms with E-state index in [-0.39, 0.29) is 0 Å². The third-order valence-electron chi connectivity index (χ3n) is 3.71. The molecule has 0 fully saturated rings. The quantitative estimate of drug-likeness (QED) is 0.364. The summed E-state index contributed by atoms with van der Waals surface area (Å²) in [4.78, 5) is 24.1. The Hall–Kier alpha value is -3.82. The van der Waals surface area contributed by atoms with Gasteiger partial charge in [-0.1, -0.05) is 36.4 Å². The predicted octanol–water partition coefficient (Wildman–Crippen LogP) is 5.07. The predicted molar refractivity (Wildman–Crippen MR) is 106 cm³/mol. The molecule has 1 heterocycles. The molecule has 3 rings (SSSR count). The minimum atomic E-state index is -0.421. The number of esters is 1. The summed E-state index contributed by atoms with van der Waals surface area (Å²) in [5.74, 6) is -0.421. The normalized spacial score (nSPS) is 10.3. The van der Waals surface area contributed by atoms with E-state index in [1.807, 2.05) is 66.7 Å². The highest BCUT2D eigenvalue weighted by Gasteiger charge is 1.99. The third-order valence-corrected chi connectivity index (χ3v) is 3.71. The Morgan fingerprint density at radius 1 is 1.00 bits per heavy atom. The van der Waals surface area contributed by atoms with Gasteiger partial charge in [0.15, 0.2) is 0 Å². The van der Waals surface area contributed by atoms with Gasteiger partial charge in [-0.3, -0.25) is 4.98 Å². The average Bonchev–Trinajstić information content (AvgIpc) is 2.74. The summed E-state index contributed by atoms with van der Waals surface area (Å²) in [6.07, 6.45) is 4.76. The van der Waals surface area contributed by atoms with E-state index in [0.29, 0.717) is 5.69 Å². The number of hydrogen-bond acceptors (Lipinski definition) is 5. The van der Waals surface area contributed by atoms with E-state index in [9.17, 15) is 4.79 Å². The number of aromatic nitrogens is 1. The standard InChI is InChI=1S/C22H17N3O2/c1-27-22(26)14-11-17-6-2-3-7-21(17)25-16-24-19-12-9-18(10-13-19)20-8-4-5-15-23-20/h2-15H,1H3/b14-11+. The van der Waals surface area contributed by atoms with Crippen LogP contribution in [0.4, 0.5) is 11.4 Å². The van der Waals surface area contributed by atoms with Crippen molar-refractivity contribution in [3.63, 3.8) is 0 Å². The van der Waals surface area contributed by atoms with Gasteiger partial charge in [-0.25, -0.2) is 4.79 Å². The lowest BCUT2D eigenvalue weighted by atomic mass is 10.1. The summed E-state index contributed by atoms with van der Waals surface area (Å²) >= 11 is 0. The molecular formula is C22H17N3O2. The maximum absolute atomic E-state index is 11.2. The van der Waals surface area contributed by atoms with Gasteiger partial charge in [0, 0.05) is 23.4 Å². The molecule has 0 radical (unpaired) electrons. The molecule has 0 saturated heterocycles. The molecule has 0 saturated carbocycles. The second-order valence-electron chi connectivity index (χ2n) is 5.50. The van der Waals surface area contributed by atoms with Crippen LogP contribution in [0.2, 0.25) is 0 Å². The smallest absolute Gasteiger partial charge is 0.330 e. The van der Waals surface area contributed by atoms with Crippen molar-refractivity contribution in [1.29, 1.82) is 0 Å². The highest BCUT2D eigenvalue weighted by molar-refractivity contribution is 5.88. The van der Waals surface area contributed by atoms with Gasteiger partial charge in [-0.2, -0.15) is 9.98 Å². The van der Waals surface area contributed by atoms with Crippen molar-refractivity contribution >= 4 is 29.4 Å². The van der Waals surface area contributed by atoms with Crippen LogP contribution in [0.5, 0.6) is 0 Å². The van der Waals surface area contributed by atoms with Crippen molar-refractivity contribution in [2.45, 2.75) is 0 Å². The van der Waals surface area contributed by atoms with Crippen molar-refractivity contribution < 1.29 is 9.53 Å². The Morgan fingerprint density at radius 2 is 1.78 bits per heavy atom. The van der Waals surface area contributed by atoms with Crippen LogP contribution in [0.15, 0.2) is 89.0 Å². The molecule has 2 aromatic carbocycles. The first kappa shape index (κ1) is 18.0. The first-order chi connectivity index (χ1) is 13.3. The lowest BCUT2D eigenvalue weighted by Crippen LogP contribution is -1.93. The van der Waals surface area contributed by atoms with Crippen molar-refractivity contribution in [3.8, 4) is 11.3 Å². The Kier molecular flexibility index (Phi) is 6.02. The van der Waals surface area contributed by atoms with E-state index < -0.39 is 5.97 Å². The van der Waals surface area contributed by atoms with Gasteiger partial charge in [0.25, 0.3) is 0 Å². The van der Waals surface area contributed by atoms with Crippen LogP contribution in [0.25, 0.3) is 17.3 Å². The molecule has 5 nitrogen and oxygen atoms in total. The second kappa shape index (κ2) is 9.04. The first-order valence-electron chi connectivity index (χ1n) is 8.29. The molecule has 0 aliphatic heterocycles. The van der Waals surface area contributed by atoms with Crippen LogP contribution in [-0.2, 0) is 9.53 Å². The molecule has 3 aromatic rings. The molecule has 132 valence electrons. The van der Waals surface area contributed by atoms with Gasteiger partial charge in [0.05, 0.1) is 24.2 Å². The number of carbonyl (C=O) groups is 1. The number of pyridine rings is 1. The fraction of sp³-hybridized carbons (Fsp3) is 0.0455. The molecule has 0 unspecified atom stereocenters. The lowest BCUT2D eigenvalue weighted by Gasteiger charge is -2.00. The summed E-state index contributed by atoms with van der Waals surface area (Å²) in [5.41, 5.74) is 4.10. The number of benzene rings is 2. The zero-order valence-electron chi connectivity index (χ0n) is 14.7. The topological polar surface area (TPSA) is 63.9 Å². The van der Waals surface area contributed by atoms with E-state index in [1.54, 1.807) is 12.3 Å². The minimum Gasteiger partial charge on any atom is -0.466 e. The van der Waals surface area contributed by atoms with Crippen molar-refractivity contribution in [1.82, 2.24) is 4.98 Å². The van der Waals surface area contributed by atoms with E-state index >= 15 is 0 Å². The van der Waals surface area contributed by atoms with E-state index in [1.165, 1.54) is 13.2 Å². The van der Waals surface area contributed by atoms with E-state index in [4.69, 9.17) is 0 Å². The minimum absolute atomic E-state index is 0.421. The Bertz CT molecular complexity index is 1000. The molecule has 0 N–H and O–H groups in total. The highest BCUT2D eigenvalue weighted by Crippen LogP contribution is 2.21. The summed E-state index contributed by atoms with van der Waals surface area (Å²) < 4.78 is 4.60. The maximum atomic E-state index is 11.2. The van der Waals surface area contributed by atoms with Crippen molar-refractivity contribution in [3.05, 3.63) is 84.6 Å². The van der Waals surface area contributed by atoms with Gasteiger partial charge in [0.2, 0.25) is 0 Å². The molecule has 5 heteroatoms. The Labute approximate surface area is 157 Å². The van der Waals surface area contributed by atoms with Gasteiger partial charge in [-0.05, 0) is 36.4 Å². The summed E-state index contributed by atoms with van der Waals surface area (Å²) in [7, 11) is 1.34. The molecule has 27 heavy (non-hydrogen) atoms. The Morgan fingerprint density at radius 3 is 2.52 bits per heavy atom. The number of hydrogen-bond donors (Lipinski definition) is 0.